The quantitative estimate of drug-likeness (QED) is 0.511. The summed E-state index contributed by atoms with van der Waals surface area (Å²) in [7, 11) is 0. The van der Waals surface area contributed by atoms with Crippen LogP contribution in [-0.2, 0) is 9.68 Å². The third kappa shape index (κ3) is 6.81. The highest BCUT2D eigenvalue weighted by Gasteiger charge is 2.05. The van der Waals surface area contributed by atoms with Crippen LogP contribution in [0.4, 0.5) is 0 Å². The van der Waals surface area contributed by atoms with Gasteiger partial charge in [-0.15, -0.1) is 0 Å². The molecule has 2 aromatic rings. The van der Waals surface area contributed by atoms with Crippen LogP contribution >= 0.6 is 0 Å². The Labute approximate surface area is 133 Å². The molecule has 0 bridgehead atoms. The molecule has 6 heteroatoms. The van der Waals surface area contributed by atoms with Crippen molar-refractivity contribution >= 4 is 11.9 Å². The van der Waals surface area contributed by atoms with E-state index in [4.69, 9.17) is 10.2 Å². The molecule has 0 fully saturated rings. The molecule has 0 radical (unpaired) electrons. The van der Waals surface area contributed by atoms with Crippen LogP contribution in [0.25, 0.3) is 0 Å². The van der Waals surface area contributed by atoms with E-state index < -0.39 is 11.9 Å². The SMILES string of the molecule is C=C(C)C(=O)OOc1cccc(O)c1.O=C(O)c1ccccc1. The first-order valence-electron chi connectivity index (χ1n) is 6.52. The second-order valence-electron chi connectivity index (χ2n) is 4.40. The molecule has 2 N–H and O–H groups in total. The van der Waals surface area contributed by atoms with Crippen LogP contribution in [0.2, 0.25) is 0 Å². The second-order valence-corrected chi connectivity index (χ2v) is 4.40. The van der Waals surface area contributed by atoms with Crippen molar-refractivity contribution in [1.29, 1.82) is 0 Å². The molecule has 0 amide bonds. The van der Waals surface area contributed by atoms with E-state index in [2.05, 4.69) is 16.4 Å². The van der Waals surface area contributed by atoms with Gasteiger partial charge in [0.05, 0.1) is 5.56 Å². The number of hydrogen-bond acceptors (Lipinski definition) is 5. The summed E-state index contributed by atoms with van der Waals surface area (Å²) in [6, 6.07) is 14.2. The smallest absolute Gasteiger partial charge is 0.381 e. The average molecular weight is 316 g/mol. The summed E-state index contributed by atoms with van der Waals surface area (Å²) in [6.07, 6.45) is 0. The zero-order chi connectivity index (χ0) is 17.2. The van der Waals surface area contributed by atoms with Crippen molar-refractivity contribution in [2.45, 2.75) is 6.92 Å². The molecule has 0 aliphatic rings. The van der Waals surface area contributed by atoms with E-state index >= 15 is 0 Å². The molecule has 0 spiro atoms. The maximum Gasteiger partial charge on any atom is 0.381 e. The van der Waals surface area contributed by atoms with E-state index in [9.17, 15) is 9.59 Å². The van der Waals surface area contributed by atoms with Gasteiger partial charge in [-0.05, 0) is 31.2 Å². The minimum Gasteiger partial charge on any atom is -0.508 e. The van der Waals surface area contributed by atoms with E-state index in [1.807, 2.05) is 0 Å². The first-order valence-corrected chi connectivity index (χ1v) is 6.52. The second kappa shape index (κ2) is 8.89. The van der Waals surface area contributed by atoms with Gasteiger partial charge in [-0.2, -0.15) is 0 Å². The molecule has 120 valence electrons. The molecule has 23 heavy (non-hydrogen) atoms. The Hall–Kier alpha value is -3.28. The molecule has 0 aliphatic heterocycles. The Balaban J connectivity index is 0.000000253. The monoisotopic (exact) mass is 316 g/mol. The van der Waals surface area contributed by atoms with Gasteiger partial charge in [0.15, 0.2) is 5.75 Å². The third-order valence-corrected chi connectivity index (χ3v) is 2.40. The van der Waals surface area contributed by atoms with Gasteiger partial charge in [0.1, 0.15) is 5.75 Å². The lowest BCUT2D eigenvalue weighted by molar-refractivity contribution is -0.208. The van der Waals surface area contributed by atoms with Crippen LogP contribution in [0.3, 0.4) is 0 Å². The van der Waals surface area contributed by atoms with Crippen LogP contribution < -0.4 is 4.89 Å². The van der Waals surface area contributed by atoms with Gasteiger partial charge in [-0.25, -0.2) is 14.5 Å². The Bertz CT molecular complexity index is 678. The van der Waals surface area contributed by atoms with Gasteiger partial charge in [-0.1, -0.05) is 30.8 Å². The summed E-state index contributed by atoms with van der Waals surface area (Å²) in [6.45, 7) is 4.89. The number of carboxylic acids is 1. The summed E-state index contributed by atoms with van der Waals surface area (Å²) in [5, 5.41) is 17.4. The van der Waals surface area contributed by atoms with Gasteiger partial charge in [0, 0.05) is 11.6 Å². The molecule has 0 saturated heterocycles. The molecule has 2 aromatic carbocycles. The summed E-state index contributed by atoms with van der Waals surface area (Å²) in [4.78, 5) is 30.1. The van der Waals surface area contributed by atoms with Crippen molar-refractivity contribution in [2.24, 2.45) is 0 Å². The molecular weight excluding hydrogens is 300 g/mol. The van der Waals surface area contributed by atoms with E-state index in [0.717, 1.165) is 0 Å². The number of phenols is 1. The van der Waals surface area contributed by atoms with Crippen LogP contribution in [0.5, 0.6) is 11.5 Å². The maximum absolute atomic E-state index is 10.9. The van der Waals surface area contributed by atoms with Gasteiger partial charge in [0.25, 0.3) is 0 Å². The molecule has 0 unspecified atom stereocenters. The highest BCUT2D eigenvalue weighted by Crippen LogP contribution is 2.17. The number of hydrogen-bond donors (Lipinski definition) is 2. The first-order chi connectivity index (χ1) is 10.9. The Morgan fingerprint density at radius 3 is 2.17 bits per heavy atom. The minimum absolute atomic E-state index is 0.0360. The molecule has 0 aliphatic carbocycles. The van der Waals surface area contributed by atoms with Crippen LogP contribution in [0, 0.1) is 0 Å². The van der Waals surface area contributed by atoms with Crippen molar-refractivity contribution in [3.63, 3.8) is 0 Å². The molecule has 0 saturated carbocycles. The fourth-order valence-electron chi connectivity index (χ4n) is 1.27. The summed E-state index contributed by atoms with van der Waals surface area (Å²) in [5.41, 5.74) is 0.572. The molecule has 0 heterocycles. The van der Waals surface area contributed by atoms with Gasteiger partial charge in [-0.3, -0.25) is 4.89 Å². The summed E-state index contributed by atoms with van der Waals surface area (Å²) >= 11 is 0. The fourth-order valence-corrected chi connectivity index (χ4v) is 1.27. The molecule has 6 nitrogen and oxygen atoms in total. The lowest BCUT2D eigenvalue weighted by Crippen LogP contribution is -2.07. The van der Waals surface area contributed by atoms with Crippen molar-refractivity contribution in [3.05, 3.63) is 72.3 Å². The number of carbonyl (C=O) groups excluding carboxylic acids is 1. The largest absolute Gasteiger partial charge is 0.508 e. The van der Waals surface area contributed by atoms with Crippen molar-refractivity contribution in [3.8, 4) is 11.5 Å². The van der Waals surface area contributed by atoms with Crippen LogP contribution in [0.15, 0.2) is 66.7 Å². The zero-order valence-electron chi connectivity index (χ0n) is 12.4. The summed E-state index contributed by atoms with van der Waals surface area (Å²) < 4.78 is 0. The van der Waals surface area contributed by atoms with E-state index in [0.29, 0.717) is 5.56 Å². The minimum atomic E-state index is -0.879. The molecule has 2 rings (SSSR count). The lowest BCUT2D eigenvalue weighted by atomic mass is 10.2. The molecular formula is C17H16O6. The number of phenolic OH excluding ortho intramolecular Hbond substituents is 1. The normalized spacial score (nSPS) is 9.09. The number of aromatic carboxylic acids is 1. The number of benzene rings is 2. The predicted octanol–water partition coefficient (Wildman–Crippen LogP) is 3.19. The predicted molar refractivity (Wildman–Crippen MR) is 83.0 cm³/mol. The lowest BCUT2D eigenvalue weighted by Gasteiger charge is -2.03. The van der Waals surface area contributed by atoms with Crippen molar-refractivity contribution < 1.29 is 29.6 Å². The number of aromatic hydroxyl groups is 1. The number of rotatable bonds is 4. The maximum atomic E-state index is 10.9. The fraction of sp³-hybridized carbons (Fsp3) is 0.0588. The number of carbonyl (C=O) groups is 2. The molecule has 0 atom stereocenters. The van der Waals surface area contributed by atoms with E-state index in [-0.39, 0.29) is 17.1 Å². The van der Waals surface area contributed by atoms with Crippen molar-refractivity contribution in [2.75, 3.05) is 0 Å². The van der Waals surface area contributed by atoms with Gasteiger partial charge < -0.3 is 10.2 Å². The first kappa shape index (κ1) is 17.8. The number of carboxylic acid groups (broad SMARTS) is 1. The zero-order valence-corrected chi connectivity index (χ0v) is 12.4. The Morgan fingerprint density at radius 2 is 1.70 bits per heavy atom. The molecule has 0 aromatic heterocycles. The topological polar surface area (TPSA) is 93.1 Å². The van der Waals surface area contributed by atoms with Gasteiger partial charge >= 0.3 is 11.9 Å². The standard InChI is InChI=1S/C10H10O4.C7H6O2/c1-7(2)10(12)14-13-9-5-3-4-8(11)6-9;8-7(9)6-4-2-1-3-5-6/h3-6,11H,1H2,2H3;1-5H,(H,8,9). The highest BCUT2D eigenvalue weighted by atomic mass is 17.2. The van der Waals surface area contributed by atoms with E-state index in [1.165, 1.54) is 19.1 Å². The van der Waals surface area contributed by atoms with E-state index in [1.54, 1.807) is 42.5 Å². The van der Waals surface area contributed by atoms with Crippen LogP contribution in [-0.4, -0.2) is 22.2 Å². The average Bonchev–Trinajstić information content (AvgIpc) is 2.54. The Kier molecular flexibility index (Phi) is 6.87. The summed E-state index contributed by atoms with van der Waals surface area (Å²) in [5.74, 6) is -1.24. The Morgan fingerprint density at radius 1 is 1.04 bits per heavy atom. The van der Waals surface area contributed by atoms with Gasteiger partial charge in [0.2, 0.25) is 0 Å². The third-order valence-electron chi connectivity index (χ3n) is 2.40. The van der Waals surface area contributed by atoms with Crippen LogP contribution in [0.1, 0.15) is 17.3 Å². The highest BCUT2D eigenvalue weighted by molar-refractivity contribution is 5.87. The van der Waals surface area contributed by atoms with Crippen molar-refractivity contribution in [1.82, 2.24) is 0 Å².